The fourth-order valence-electron chi connectivity index (χ4n) is 5.46. The van der Waals surface area contributed by atoms with Gasteiger partial charge in [0.1, 0.15) is 12.4 Å². The molecule has 0 bridgehead atoms. The number of benzene rings is 2. The molecule has 5 rings (SSSR count). The zero-order valence-corrected chi connectivity index (χ0v) is 19.6. The van der Waals surface area contributed by atoms with Crippen LogP contribution in [0, 0.1) is 0 Å². The average molecular weight is 470 g/mol. The number of halogens is 1. The number of H-pyrrole nitrogens is 1. The highest BCUT2D eigenvalue weighted by Crippen LogP contribution is 2.49. The number of hydrogen-bond donors (Lipinski definition) is 2. The Balaban J connectivity index is 1.58. The van der Waals surface area contributed by atoms with Gasteiger partial charge in [0.2, 0.25) is 5.91 Å². The van der Waals surface area contributed by atoms with Gasteiger partial charge in [-0.25, -0.2) is 0 Å². The van der Waals surface area contributed by atoms with Gasteiger partial charge >= 0.3 is 0 Å². The molecular formula is C25H28ClN3O4. The van der Waals surface area contributed by atoms with Crippen LogP contribution >= 0.6 is 11.6 Å². The summed E-state index contributed by atoms with van der Waals surface area (Å²) >= 11 is 6.47. The number of likely N-dealkylation sites (tertiary alicyclic amines) is 1. The first kappa shape index (κ1) is 22.2. The molecule has 2 aliphatic rings. The van der Waals surface area contributed by atoms with Crippen LogP contribution in [0.4, 0.5) is 0 Å². The average Bonchev–Trinajstić information content (AvgIpc) is 3.17. The van der Waals surface area contributed by atoms with E-state index in [4.69, 9.17) is 21.1 Å². The Morgan fingerprint density at radius 1 is 1.21 bits per heavy atom. The van der Waals surface area contributed by atoms with Crippen LogP contribution in [-0.2, 0) is 21.5 Å². The molecular weight excluding hydrogens is 442 g/mol. The molecule has 0 unspecified atom stereocenters. The molecule has 3 aromatic rings. The summed E-state index contributed by atoms with van der Waals surface area (Å²) in [5.41, 5.74) is 3.94. The lowest BCUT2D eigenvalue weighted by atomic mass is 9.68. The van der Waals surface area contributed by atoms with E-state index in [1.165, 1.54) is 12.7 Å². The van der Waals surface area contributed by atoms with Gasteiger partial charge in [0.15, 0.2) is 0 Å². The molecule has 1 fully saturated rings. The number of aliphatic hydroxyl groups excluding tert-OH is 1. The third-order valence-corrected chi connectivity index (χ3v) is 7.33. The highest BCUT2D eigenvalue weighted by molar-refractivity contribution is 6.31. The number of aliphatic hydroxyl groups is 1. The number of rotatable bonds is 6. The van der Waals surface area contributed by atoms with Crippen LogP contribution < -0.4 is 4.74 Å². The monoisotopic (exact) mass is 469 g/mol. The molecule has 2 N–H and O–H groups in total. The van der Waals surface area contributed by atoms with Crippen LogP contribution in [-0.4, -0.2) is 72.9 Å². The number of carbonyl (C=O) groups is 1. The Labute approximate surface area is 197 Å². The number of hydrogen-bond acceptors (Lipinski definition) is 5. The predicted molar refractivity (Wildman–Crippen MR) is 127 cm³/mol. The lowest BCUT2D eigenvalue weighted by molar-refractivity contribution is -0.144. The maximum absolute atomic E-state index is 12.5. The minimum atomic E-state index is -0.238. The topological polar surface area (TPSA) is 78.0 Å². The number of carbonyl (C=O) groups excluding carboxylic acids is 1. The predicted octanol–water partition coefficient (Wildman–Crippen LogP) is 3.11. The van der Waals surface area contributed by atoms with Crippen LogP contribution in [0.5, 0.6) is 5.75 Å². The van der Waals surface area contributed by atoms with Crippen LogP contribution in [0.1, 0.15) is 22.9 Å². The smallest absolute Gasteiger partial charge is 0.248 e. The summed E-state index contributed by atoms with van der Waals surface area (Å²) < 4.78 is 10.5. The van der Waals surface area contributed by atoms with E-state index >= 15 is 0 Å². The highest BCUT2D eigenvalue weighted by atomic mass is 35.5. The number of ether oxygens (including phenoxy) is 2. The Morgan fingerprint density at radius 3 is 2.70 bits per heavy atom. The number of amides is 1. The van der Waals surface area contributed by atoms with Gasteiger partial charge in [-0.2, -0.15) is 0 Å². The summed E-state index contributed by atoms with van der Waals surface area (Å²) in [6, 6.07) is 13.6. The molecule has 1 atom stereocenters. The summed E-state index contributed by atoms with van der Waals surface area (Å²) in [6.45, 7) is 2.60. The van der Waals surface area contributed by atoms with E-state index in [1.54, 1.807) is 7.11 Å². The minimum Gasteiger partial charge on any atom is -0.497 e. The van der Waals surface area contributed by atoms with E-state index < -0.39 is 0 Å². The van der Waals surface area contributed by atoms with Gasteiger partial charge in [-0.15, -0.1) is 0 Å². The Kier molecular flexibility index (Phi) is 5.82. The van der Waals surface area contributed by atoms with Gasteiger partial charge in [0, 0.05) is 66.4 Å². The molecule has 0 aliphatic carbocycles. The standard InChI is InChI=1S/C25H28ClN3O4/c1-32-12-22(31)29-14-25(15-29)13-28(10-16-5-3-4-6-19(16)26)21(11-30)24-23(25)18-8-7-17(33-2)9-20(18)27-24/h3-9,21,27,30H,10-15H2,1-2H3/t21-/m0/s1. The van der Waals surface area contributed by atoms with E-state index in [2.05, 4.69) is 16.0 Å². The van der Waals surface area contributed by atoms with Crippen molar-refractivity contribution in [2.24, 2.45) is 0 Å². The minimum absolute atomic E-state index is 0.00637. The van der Waals surface area contributed by atoms with Gasteiger partial charge in [0.05, 0.1) is 19.8 Å². The van der Waals surface area contributed by atoms with Crippen LogP contribution in [0.25, 0.3) is 10.9 Å². The van der Waals surface area contributed by atoms with E-state index in [-0.39, 0.29) is 30.6 Å². The maximum Gasteiger partial charge on any atom is 0.248 e. The lowest BCUT2D eigenvalue weighted by Crippen LogP contribution is -2.67. The first-order valence-corrected chi connectivity index (χ1v) is 11.4. The zero-order chi connectivity index (χ0) is 23.2. The van der Waals surface area contributed by atoms with Gasteiger partial charge < -0.3 is 24.5 Å². The van der Waals surface area contributed by atoms with Crippen LogP contribution in [0.2, 0.25) is 5.02 Å². The normalized spacial score (nSPS) is 19.5. The molecule has 174 valence electrons. The number of nitrogens with zero attached hydrogens (tertiary/aromatic N) is 2. The number of aromatic amines is 1. The third kappa shape index (κ3) is 3.69. The van der Waals surface area contributed by atoms with Crippen LogP contribution in [0.15, 0.2) is 42.5 Å². The number of aromatic nitrogens is 1. The van der Waals surface area contributed by atoms with Gasteiger partial charge in [-0.1, -0.05) is 29.8 Å². The summed E-state index contributed by atoms with van der Waals surface area (Å²) in [6.07, 6.45) is 0. The SMILES string of the molecule is COCC(=O)N1CC2(C1)CN(Cc1ccccc1Cl)[C@@H](CO)c1[nH]c3cc(OC)ccc3c12. The fraction of sp³-hybridized carbons (Fsp3) is 0.400. The largest absolute Gasteiger partial charge is 0.497 e. The summed E-state index contributed by atoms with van der Waals surface area (Å²) in [5.74, 6) is 0.766. The molecule has 8 heteroatoms. The van der Waals surface area contributed by atoms with Gasteiger partial charge in [-0.05, 0) is 29.3 Å². The van der Waals surface area contributed by atoms with E-state index in [0.717, 1.165) is 27.9 Å². The molecule has 2 aliphatic heterocycles. The third-order valence-electron chi connectivity index (χ3n) is 6.96. The Hall–Kier alpha value is -2.58. The van der Waals surface area contributed by atoms with Crippen molar-refractivity contribution in [3.63, 3.8) is 0 Å². The molecule has 3 heterocycles. The van der Waals surface area contributed by atoms with Crippen LogP contribution in [0.3, 0.4) is 0 Å². The summed E-state index contributed by atoms with van der Waals surface area (Å²) in [5, 5.41) is 12.3. The van der Waals surface area contributed by atoms with Crippen molar-refractivity contribution < 1.29 is 19.4 Å². The van der Waals surface area contributed by atoms with Crippen molar-refractivity contribution in [3.8, 4) is 5.75 Å². The van der Waals surface area contributed by atoms with Crippen molar-refractivity contribution in [2.45, 2.75) is 18.0 Å². The highest BCUT2D eigenvalue weighted by Gasteiger charge is 2.53. The second kappa shape index (κ2) is 8.65. The molecule has 1 amide bonds. The molecule has 0 saturated carbocycles. The summed E-state index contributed by atoms with van der Waals surface area (Å²) in [7, 11) is 3.19. The van der Waals surface area contributed by atoms with Crippen molar-refractivity contribution in [3.05, 3.63) is 64.3 Å². The first-order valence-electron chi connectivity index (χ1n) is 11.0. The second-order valence-corrected chi connectivity index (χ2v) is 9.39. The number of methoxy groups -OCH3 is 2. The Bertz CT molecular complexity index is 1190. The quantitative estimate of drug-likeness (QED) is 0.580. The van der Waals surface area contributed by atoms with Crippen molar-refractivity contribution in [2.75, 3.05) is 47.1 Å². The number of nitrogens with one attached hydrogen (secondary N) is 1. The van der Waals surface area contributed by atoms with Crippen molar-refractivity contribution >= 4 is 28.4 Å². The van der Waals surface area contributed by atoms with Gasteiger partial charge in [0.25, 0.3) is 0 Å². The van der Waals surface area contributed by atoms with Gasteiger partial charge in [-0.3, -0.25) is 9.69 Å². The lowest BCUT2D eigenvalue weighted by Gasteiger charge is -2.56. The molecule has 33 heavy (non-hydrogen) atoms. The summed E-state index contributed by atoms with van der Waals surface area (Å²) in [4.78, 5) is 20.2. The maximum atomic E-state index is 12.5. The molecule has 1 aromatic heterocycles. The van der Waals surface area contributed by atoms with E-state index in [1.807, 2.05) is 41.3 Å². The second-order valence-electron chi connectivity index (χ2n) is 8.98. The van der Waals surface area contributed by atoms with E-state index in [0.29, 0.717) is 31.2 Å². The Morgan fingerprint density at radius 2 is 2.00 bits per heavy atom. The van der Waals surface area contributed by atoms with Crippen molar-refractivity contribution in [1.29, 1.82) is 0 Å². The zero-order valence-electron chi connectivity index (χ0n) is 18.8. The molecule has 2 aromatic carbocycles. The van der Waals surface area contributed by atoms with E-state index in [9.17, 15) is 9.90 Å². The first-order chi connectivity index (χ1) is 16.0. The molecule has 7 nitrogen and oxygen atoms in total. The number of fused-ring (bicyclic) bond motifs is 4. The fourth-order valence-corrected chi connectivity index (χ4v) is 5.65. The molecule has 1 saturated heterocycles. The molecule has 0 radical (unpaired) electrons. The van der Waals surface area contributed by atoms with Crippen molar-refractivity contribution in [1.82, 2.24) is 14.8 Å². The molecule has 1 spiro atoms.